The monoisotopic (exact) mass is 495 g/mol. The lowest BCUT2D eigenvalue weighted by atomic mass is 9.78. The molecule has 1 aliphatic rings. The van der Waals surface area contributed by atoms with Crippen LogP contribution in [0.4, 0.5) is 15.5 Å². The third kappa shape index (κ3) is 5.83. The van der Waals surface area contributed by atoms with Gasteiger partial charge < -0.3 is 24.3 Å². The number of nitrogens with zero attached hydrogens (tertiary/aromatic N) is 5. The lowest BCUT2D eigenvalue weighted by Crippen LogP contribution is -2.44. The highest BCUT2D eigenvalue weighted by molar-refractivity contribution is 6.33. The van der Waals surface area contributed by atoms with Crippen molar-refractivity contribution < 1.29 is 29.3 Å². The number of aliphatic hydroxyl groups is 2. The minimum atomic E-state index is -1.02. The Kier molecular flexibility index (Phi) is 7.20. The first kappa shape index (κ1) is 25.9. The molecule has 0 radical (unpaired) electrons. The van der Waals surface area contributed by atoms with Gasteiger partial charge in [0.2, 0.25) is 5.95 Å². The van der Waals surface area contributed by atoms with Crippen molar-refractivity contribution in [2.75, 3.05) is 11.5 Å². The first-order valence-corrected chi connectivity index (χ1v) is 11.2. The van der Waals surface area contributed by atoms with Crippen molar-refractivity contribution >= 4 is 40.9 Å². The van der Waals surface area contributed by atoms with Crippen LogP contribution in [0, 0.1) is 11.8 Å². The SMILES string of the molecule is CC(C)(C)OC(=O)N(C(=O)OC(C)(C)C)c1nc(Cl)c2ncn(C[C@@H]3C=C[C@@H]3[C@H](O)CO)c2n1. The third-order valence-electron chi connectivity index (χ3n) is 4.88. The van der Waals surface area contributed by atoms with Crippen LogP contribution in [0.1, 0.15) is 41.5 Å². The van der Waals surface area contributed by atoms with Crippen LogP contribution in [-0.2, 0) is 16.0 Å². The molecule has 2 aromatic heterocycles. The highest BCUT2D eigenvalue weighted by Crippen LogP contribution is 2.32. The number of anilines is 1. The molecule has 0 spiro atoms. The zero-order chi connectivity index (χ0) is 25.4. The van der Waals surface area contributed by atoms with E-state index in [1.807, 2.05) is 12.2 Å². The second-order valence-electron chi connectivity index (χ2n) is 10.1. The highest BCUT2D eigenvalue weighted by atomic mass is 35.5. The van der Waals surface area contributed by atoms with Crippen LogP contribution in [0.5, 0.6) is 0 Å². The van der Waals surface area contributed by atoms with E-state index < -0.39 is 29.5 Å². The molecule has 2 N–H and O–H groups in total. The first-order chi connectivity index (χ1) is 15.7. The van der Waals surface area contributed by atoms with Crippen LogP contribution in [0.3, 0.4) is 0 Å². The summed E-state index contributed by atoms with van der Waals surface area (Å²) in [4.78, 5) is 39.2. The van der Waals surface area contributed by atoms with Gasteiger partial charge in [-0.25, -0.2) is 14.6 Å². The number of imidazole rings is 1. The van der Waals surface area contributed by atoms with Gasteiger partial charge in [0.15, 0.2) is 10.8 Å². The van der Waals surface area contributed by atoms with Crippen LogP contribution in [0.2, 0.25) is 5.15 Å². The second-order valence-corrected chi connectivity index (χ2v) is 10.4. The minimum Gasteiger partial charge on any atom is -0.443 e. The number of imide groups is 1. The number of aromatic nitrogens is 4. The predicted octanol–water partition coefficient (Wildman–Crippen LogP) is 3.31. The summed E-state index contributed by atoms with van der Waals surface area (Å²) in [5.74, 6) is -0.623. The molecule has 11 nitrogen and oxygen atoms in total. The summed E-state index contributed by atoms with van der Waals surface area (Å²) in [6, 6.07) is 0. The van der Waals surface area contributed by atoms with E-state index in [1.54, 1.807) is 46.1 Å². The smallest absolute Gasteiger partial charge is 0.427 e. The van der Waals surface area contributed by atoms with Gasteiger partial charge >= 0.3 is 12.2 Å². The molecule has 3 atom stereocenters. The lowest BCUT2D eigenvalue weighted by molar-refractivity contribution is 0.0387. The summed E-state index contributed by atoms with van der Waals surface area (Å²) >= 11 is 6.34. The largest absolute Gasteiger partial charge is 0.443 e. The third-order valence-corrected chi connectivity index (χ3v) is 5.14. The highest BCUT2D eigenvalue weighted by Gasteiger charge is 2.36. The lowest BCUT2D eigenvalue weighted by Gasteiger charge is -2.32. The average Bonchev–Trinajstić information content (AvgIpc) is 3.05. The summed E-state index contributed by atoms with van der Waals surface area (Å²) in [5, 5.41) is 19.2. The van der Waals surface area contributed by atoms with E-state index in [9.17, 15) is 19.8 Å². The summed E-state index contributed by atoms with van der Waals surface area (Å²) in [6.07, 6.45) is 2.33. The Morgan fingerprint density at radius 3 is 2.18 bits per heavy atom. The van der Waals surface area contributed by atoms with Gasteiger partial charge in [-0.15, -0.1) is 4.90 Å². The van der Waals surface area contributed by atoms with Crippen LogP contribution >= 0.6 is 11.6 Å². The quantitative estimate of drug-likeness (QED) is 0.472. The number of carbonyl (C=O) groups is 2. The Hall–Kier alpha value is -2.76. The number of amides is 2. The van der Waals surface area contributed by atoms with Gasteiger partial charge in [0.1, 0.15) is 16.7 Å². The molecule has 0 unspecified atom stereocenters. The number of rotatable bonds is 5. The van der Waals surface area contributed by atoms with E-state index in [1.165, 1.54) is 6.33 Å². The van der Waals surface area contributed by atoms with Crippen LogP contribution in [0.25, 0.3) is 11.2 Å². The van der Waals surface area contributed by atoms with Gasteiger partial charge in [-0.1, -0.05) is 23.8 Å². The van der Waals surface area contributed by atoms with Crippen LogP contribution in [0.15, 0.2) is 18.5 Å². The summed E-state index contributed by atoms with van der Waals surface area (Å²) in [5.41, 5.74) is -1.23. The normalized spacial score (nSPS) is 19.0. The van der Waals surface area contributed by atoms with E-state index >= 15 is 0 Å². The maximum atomic E-state index is 12.9. The van der Waals surface area contributed by atoms with E-state index in [-0.39, 0.29) is 40.7 Å². The number of carbonyl (C=O) groups excluding carboxylic acids is 2. The molecule has 2 heterocycles. The zero-order valence-electron chi connectivity index (χ0n) is 20.0. The average molecular weight is 496 g/mol. The van der Waals surface area contributed by atoms with E-state index in [4.69, 9.17) is 21.1 Å². The number of halogens is 1. The molecule has 2 amide bonds. The van der Waals surface area contributed by atoms with Gasteiger partial charge in [-0.3, -0.25) is 0 Å². The van der Waals surface area contributed by atoms with E-state index in [0.29, 0.717) is 11.4 Å². The fourth-order valence-corrected chi connectivity index (χ4v) is 3.54. The van der Waals surface area contributed by atoms with E-state index in [0.717, 1.165) is 0 Å². The van der Waals surface area contributed by atoms with Crippen molar-refractivity contribution in [3.8, 4) is 0 Å². The number of allylic oxidation sites excluding steroid dienone is 1. The molecular formula is C22H30ClN5O6. The van der Waals surface area contributed by atoms with Crippen molar-refractivity contribution in [1.29, 1.82) is 0 Å². The maximum Gasteiger partial charge on any atom is 0.427 e. The van der Waals surface area contributed by atoms with Crippen LogP contribution in [-0.4, -0.2) is 65.8 Å². The molecule has 0 fully saturated rings. The Labute approximate surface area is 202 Å². The minimum absolute atomic E-state index is 0.0630. The Bertz CT molecular complexity index is 1080. The van der Waals surface area contributed by atoms with Gasteiger partial charge in [-0.05, 0) is 41.5 Å². The van der Waals surface area contributed by atoms with Crippen molar-refractivity contribution in [2.24, 2.45) is 11.8 Å². The van der Waals surface area contributed by atoms with Crippen LogP contribution < -0.4 is 4.90 Å². The molecule has 1 aliphatic carbocycles. The molecule has 0 saturated carbocycles. The topological polar surface area (TPSA) is 140 Å². The Morgan fingerprint density at radius 1 is 1.12 bits per heavy atom. The Morgan fingerprint density at radius 2 is 1.71 bits per heavy atom. The molecule has 0 bridgehead atoms. The van der Waals surface area contributed by atoms with Crippen molar-refractivity contribution in [2.45, 2.75) is 65.4 Å². The van der Waals surface area contributed by atoms with Crippen molar-refractivity contribution in [3.63, 3.8) is 0 Å². The van der Waals surface area contributed by atoms with Crippen molar-refractivity contribution in [1.82, 2.24) is 19.5 Å². The second kappa shape index (κ2) is 9.47. The fourth-order valence-electron chi connectivity index (χ4n) is 3.33. The molecule has 2 aromatic rings. The molecule has 0 saturated heterocycles. The fraction of sp³-hybridized carbons (Fsp3) is 0.591. The Balaban J connectivity index is 2.01. The molecule has 34 heavy (non-hydrogen) atoms. The standard InChI is InChI=1S/C22H30ClN5O6/c1-21(2,3)33-19(31)28(20(32)34-22(4,5)6)18-25-16(23)15-17(26-18)27(11-24-15)9-12-7-8-13(12)14(30)10-29/h7-8,11-14,29-30H,9-10H2,1-6H3/t12-,13-,14+/m0/s1. The number of hydrogen-bond donors (Lipinski definition) is 2. The summed E-state index contributed by atoms with van der Waals surface area (Å²) < 4.78 is 12.4. The predicted molar refractivity (Wildman–Crippen MR) is 124 cm³/mol. The summed E-state index contributed by atoms with van der Waals surface area (Å²) in [7, 11) is 0. The van der Waals surface area contributed by atoms with Gasteiger partial charge in [0.05, 0.1) is 19.0 Å². The molecule has 186 valence electrons. The van der Waals surface area contributed by atoms with Gasteiger partial charge in [-0.2, -0.15) is 9.97 Å². The first-order valence-electron chi connectivity index (χ1n) is 10.8. The molecule has 0 aromatic carbocycles. The maximum absolute atomic E-state index is 12.9. The number of hydrogen-bond acceptors (Lipinski definition) is 9. The number of aliphatic hydroxyl groups excluding tert-OH is 2. The molecule has 0 aliphatic heterocycles. The van der Waals surface area contributed by atoms with E-state index in [2.05, 4.69) is 15.0 Å². The molecule has 12 heteroatoms. The van der Waals surface area contributed by atoms with Gasteiger partial charge in [0, 0.05) is 18.4 Å². The number of fused-ring (bicyclic) bond motifs is 1. The van der Waals surface area contributed by atoms with Gasteiger partial charge in [0.25, 0.3) is 0 Å². The molecule has 3 rings (SSSR count). The number of ether oxygens (including phenoxy) is 2. The zero-order valence-corrected chi connectivity index (χ0v) is 20.8. The summed E-state index contributed by atoms with van der Waals surface area (Å²) in [6.45, 7) is 9.99. The van der Waals surface area contributed by atoms with Crippen molar-refractivity contribution in [3.05, 3.63) is 23.6 Å². The molecular weight excluding hydrogens is 466 g/mol.